The number of rotatable bonds is 4. The SMILES string of the molecule is CS(=O)(=O)Nc1ccc(C(=O)N[C@H]2CCCNC2)cc1. The average Bonchev–Trinajstić information content (AvgIpc) is 2.39. The summed E-state index contributed by atoms with van der Waals surface area (Å²) in [7, 11) is -3.29. The van der Waals surface area contributed by atoms with Gasteiger partial charge in [-0.05, 0) is 43.7 Å². The summed E-state index contributed by atoms with van der Waals surface area (Å²) in [5, 5.41) is 6.20. The van der Waals surface area contributed by atoms with Gasteiger partial charge >= 0.3 is 0 Å². The topological polar surface area (TPSA) is 87.3 Å². The van der Waals surface area contributed by atoms with Crippen LogP contribution in [-0.2, 0) is 10.0 Å². The Morgan fingerprint density at radius 1 is 1.30 bits per heavy atom. The zero-order chi connectivity index (χ0) is 14.6. The summed E-state index contributed by atoms with van der Waals surface area (Å²) in [4.78, 5) is 12.0. The number of anilines is 1. The van der Waals surface area contributed by atoms with Crippen molar-refractivity contribution in [2.75, 3.05) is 24.1 Å². The zero-order valence-corrected chi connectivity index (χ0v) is 12.2. The van der Waals surface area contributed by atoms with Crippen molar-refractivity contribution in [1.82, 2.24) is 10.6 Å². The lowest BCUT2D eigenvalue weighted by atomic mass is 10.1. The number of amides is 1. The molecule has 2 rings (SSSR count). The Balaban J connectivity index is 1.96. The van der Waals surface area contributed by atoms with Crippen LogP contribution in [0.15, 0.2) is 24.3 Å². The molecule has 1 saturated heterocycles. The third-order valence-electron chi connectivity index (χ3n) is 3.08. The summed E-state index contributed by atoms with van der Waals surface area (Å²) in [5.41, 5.74) is 0.970. The number of hydrogen-bond donors (Lipinski definition) is 3. The van der Waals surface area contributed by atoms with Gasteiger partial charge in [0.05, 0.1) is 6.26 Å². The average molecular weight is 297 g/mol. The third kappa shape index (κ3) is 4.50. The molecule has 1 aromatic rings. The Morgan fingerprint density at radius 2 is 2.00 bits per heavy atom. The van der Waals surface area contributed by atoms with Crippen LogP contribution in [0.3, 0.4) is 0 Å². The molecular formula is C13H19N3O3S. The van der Waals surface area contributed by atoms with E-state index < -0.39 is 10.0 Å². The molecule has 1 aliphatic rings. The summed E-state index contributed by atoms with van der Waals surface area (Å²) in [5.74, 6) is -0.135. The van der Waals surface area contributed by atoms with Gasteiger partial charge in [0.1, 0.15) is 0 Å². The van der Waals surface area contributed by atoms with Crippen LogP contribution in [0.1, 0.15) is 23.2 Å². The summed E-state index contributed by atoms with van der Waals surface area (Å²) >= 11 is 0. The second-order valence-electron chi connectivity index (χ2n) is 4.97. The maximum Gasteiger partial charge on any atom is 0.251 e. The molecule has 1 heterocycles. The Kier molecular flexibility index (Phi) is 4.61. The standard InChI is InChI=1S/C13H19N3O3S/c1-20(18,19)16-11-6-4-10(5-7-11)13(17)15-12-3-2-8-14-9-12/h4-7,12,14,16H,2-3,8-9H2,1H3,(H,15,17)/t12-/m0/s1. The molecule has 0 aromatic heterocycles. The van der Waals surface area contributed by atoms with E-state index in [1.807, 2.05) is 0 Å². The summed E-state index contributed by atoms with van der Waals surface area (Å²) in [6.45, 7) is 1.79. The molecule has 0 radical (unpaired) electrons. The molecule has 3 N–H and O–H groups in total. The normalized spacial score (nSPS) is 19.4. The largest absolute Gasteiger partial charge is 0.348 e. The minimum Gasteiger partial charge on any atom is -0.348 e. The predicted molar refractivity (Wildman–Crippen MR) is 78.3 cm³/mol. The van der Waals surface area contributed by atoms with Crippen LogP contribution in [0, 0.1) is 0 Å². The number of nitrogens with one attached hydrogen (secondary N) is 3. The first-order chi connectivity index (χ1) is 9.44. The van der Waals surface area contributed by atoms with Crippen molar-refractivity contribution in [2.45, 2.75) is 18.9 Å². The van der Waals surface area contributed by atoms with E-state index >= 15 is 0 Å². The van der Waals surface area contributed by atoms with E-state index in [0.717, 1.165) is 32.2 Å². The van der Waals surface area contributed by atoms with Gasteiger partial charge in [-0.15, -0.1) is 0 Å². The van der Waals surface area contributed by atoms with Gasteiger partial charge in [-0.2, -0.15) is 0 Å². The van der Waals surface area contributed by atoms with E-state index in [-0.39, 0.29) is 11.9 Å². The van der Waals surface area contributed by atoms with Gasteiger partial charge < -0.3 is 10.6 Å². The van der Waals surface area contributed by atoms with Crippen molar-refractivity contribution in [2.24, 2.45) is 0 Å². The molecule has 1 fully saturated rings. The maximum absolute atomic E-state index is 12.0. The molecule has 1 aromatic carbocycles. The minimum atomic E-state index is -3.29. The number of hydrogen-bond acceptors (Lipinski definition) is 4. The lowest BCUT2D eigenvalue weighted by molar-refractivity contribution is 0.0930. The van der Waals surface area contributed by atoms with Crippen molar-refractivity contribution >= 4 is 21.6 Å². The lowest BCUT2D eigenvalue weighted by Gasteiger charge is -2.23. The van der Waals surface area contributed by atoms with E-state index in [1.54, 1.807) is 24.3 Å². The lowest BCUT2D eigenvalue weighted by Crippen LogP contribution is -2.45. The number of piperidine rings is 1. The second kappa shape index (κ2) is 6.23. The number of carbonyl (C=O) groups excluding carboxylic acids is 1. The van der Waals surface area contributed by atoms with Gasteiger partial charge in [-0.3, -0.25) is 9.52 Å². The van der Waals surface area contributed by atoms with Crippen molar-refractivity contribution in [3.63, 3.8) is 0 Å². The van der Waals surface area contributed by atoms with Gasteiger partial charge in [0.2, 0.25) is 10.0 Å². The zero-order valence-electron chi connectivity index (χ0n) is 11.3. The molecule has 1 amide bonds. The molecule has 0 saturated carbocycles. The van der Waals surface area contributed by atoms with Crippen molar-refractivity contribution in [1.29, 1.82) is 0 Å². The van der Waals surface area contributed by atoms with E-state index in [4.69, 9.17) is 0 Å². The first-order valence-corrected chi connectivity index (χ1v) is 8.42. The summed E-state index contributed by atoms with van der Waals surface area (Å²) < 4.78 is 24.5. The molecule has 0 spiro atoms. The predicted octanol–water partition coefficient (Wildman–Crippen LogP) is 0.540. The molecule has 6 nitrogen and oxygen atoms in total. The molecular weight excluding hydrogens is 278 g/mol. The highest BCUT2D eigenvalue weighted by Gasteiger charge is 2.16. The molecule has 1 aliphatic heterocycles. The number of benzene rings is 1. The van der Waals surface area contributed by atoms with Gasteiger partial charge in [0.15, 0.2) is 0 Å². The Hall–Kier alpha value is -1.60. The Labute approximate surface area is 119 Å². The highest BCUT2D eigenvalue weighted by Crippen LogP contribution is 2.11. The smallest absolute Gasteiger partial charge is 0.251 e. The monoisotopic (exact) mass is 297 g/mol. The molecule has 1 atom stereocenters. The summed E-state index contributed by atoms with van der Waals surface area (Å²) in [6, 6.07) is 6.53. The van der Waals surface area contributed by atoms with Crippen molar-refractivity contribution < 1.29 is 13.2 Å². The number of carbonyl (C=O) groups is 1. The molecule has 7 heteroatoms. The highest BCUT2D eigenvalue weighted by atomic mass is 32.2. The molecule has 0 aliphatic carbocycles. The molecule has 0 bridgehead atoms. The van der Waals surface area contributed by atoms with Crippen LogP contribution in [-0.4, -0.2) is 39.7 Å². The molecule has 110 valence electrons. The van der Waals surface area contributed by atoms with Gasteiger partial charge in [0, 0.05) is 23.8 Å². The fraction of sp³-hybridized carbons (Fsp3) is 0.462. The minimum absolute atomic E-state index is 0.135. The van der Waals surface area contributed by atoms with Crippen LogP contribution >= 0.6 is 0 Å². The first kappa shape index (κ1) is 14.8. The second-order valence-corrected chi connectivity index (χ2v) is 6.72. The molecule has 0 unspecified atom stereocenters. The van der Waals surface area contributed by atoms with Crippen LogP contribution in [0.25, 0.3) is 0 Å². The van der Waals surface area contributed by atoms with E-state index in [9.17, 15) is 13.2 Å². The van der Waals surface area contributed by atoms with Gasteiger partial charge in [-0.1, -0.05) is 0 Å². The third-order valence-corrected chi connectivity index (χ3v) is 3.69. The van der Waals surface area contributed by atoms with Gasteiger partial charge in [0.25, 0.3) is 5.91 Å². The van der Waals surface area contributed by atoms with Crippen LogP contribution in [0.4, 0.5) is 5.69 Å². The fourth-order valence-electron chi connectivity index (χ4n) is 2.15. The van der Waals surface area contributed by atoms with E-state index in [2.05, 4.69) is 15.4 Å². The quantitative estimate of drug-likeness (QED) is 0.757. The van der Waals surface area contributed by atoms with E-state index in [0.29, 0.717) is 11.3 Å². The summed E-state index contributed by atoms with van der Waals surface area (Å²) in [6.07, 6.45) is 3.12. The Morgan fingerprint density at radius 3 is 2.55 bits per heavy atom. The van der Waals surface area contributed by atoms with Crippen molar-refractivity contribution in [3.05, 3.63) is 29.8 Å². The van der Waals surface area contributed by atoms with Crippen LogP contribution in [0.5, 0.6) is 0 Å². The molecule has 20 heavy (non-hydrogen) atoms. The van der Waals surface area contributed by atoms with E-state index in [1.165, 1.54) is 0 Å². The Bertz CT molecular complexity index is 563. The first-order valence-electron chi connectivity index (χ1n) is 6.53. The van der Waals surface area contributed by atoms with Crippen molar-refractivity contribution in [3.8, 4) is 0 Å². The number of sulfonamides is 1. The van der Waals surface area contributed by atoms with Crippen LogP contribution in [0.2, 0.25) is 0 Å². The van der Waals surface area contributed by atoms with Crippen LogP contribution < -0.4 is 15.4 Å². The fourth-order valence-corrected chi connectivity index (χ4v) is 2.71. The highest BCUT2D eigenvalue weighted by molar-refractivity contribution is 7.92. The van der Waals surface area contributed by atoms with Gasteiger partial charge in [-0.25, -0.2) is 8.42 Å². The maximum atomic E-state index is 12.0.